The highest BCUT2D eigenvalue weighted by atomic mass is 16.5. The number of nitrogens with zero attached hydrogens (tertiary/aromatic N) is 3. The summed E-state index contributed by atoms with van der Waals surface area (Å²) in [5.74, 6) is 1.61. The molecular weight excluding hydrogens is 288 g/mol. The van der Waals surface area contributed by atoms with Crippen LogP contribution in [-0.4, -0.2) is 37.7 Å². The van der Waals surface area contributed by atoms with Gasteiger partial charge in [-0.05, 0) is 37.1 Å². The Kier molecular flexibility index (Phi) is 4.76. The van der Waals surface area contributed by atoms with Gasteiger partial charge in [0.25, 0.3) is 0 Å². The number of hydrogen-bond acceptors (Lipinski definition) is 5. The van der Waals surface area contributed by atoms with Crippen LogP contribution in [0.5, 0.6) is 5.75 Å². The van der Waals surface area contributed by atoms with Gasteiger partial charge in [0.15, 0.2) is 0 Å². The highest BCUT2D eigenvalue weighted by Crippen LogP contribution is 2.32. The van der Waals surface area contributed by atoms with Gasteiger partial charge >= 0.3 is 0 Å². The van der Waals surface area contributed by atoms with Crippen LogP contribution in [0, 0.1) is 0 Å². The summed E-state index contributed by atoms with van der Waals surface area (Å²) in [6.07, 6.45) is 5.53. The lowest BCUT2D eigenvalue weighted by Gasteiger charge is -2.26. The van der Waals surface area contributed by atoms with E-state index >= 15 is 0 Å². The summed E-state index contributed by atoms with van der Waals surface area (Å²) in [5.41, 5.74) is 3.31. The second-order valence-electron chi connectivity index (χ2n) is 6.09. The molecule has 122 valence electrons. The van der Waals surface area contributed by atoms with Gasteiger partial charge in [-0.3, -0.25) is 0 Å². The molecule has 1 saturated heterocycles. The van der Waals surface area contributed by atoms with Crippen molar-refractivity contribution in [3.8, 4) is 16.9 Å². The molecule has 1 aromatic heterocycles. The van der Waals surface area contributed by atoms with Crippen molar-refractivity contribution in [3.05, 3.63) is 36.2 Å². The minimum Gasteiger partial charge on any atom is -0.497 e. The van der Waals surface area contributed by atoms with Gasteiger partial charge in [0, 0.05) is 25.9 Å². The van der Waals surface area contributed by atoms with Crippen molar-refractivity contribution in [2.24, 2.45) is 0 Å². The lowest BCUT2D eigenvalue weighted by molar-refractivity contribution is 0.405. The fourth-order valence-corrected chi connectivity index (χ4v) is 2.94. The van der Waals surface area contributed by atoms with Crippen LogP contribution in [0.15, 0.2) is 30.5 Å². The molecule has 0 bridgehead atoms. The first-order valence-electron chi connectivity index (χ1n) is 8.11. The lowest BCUT2D eigenvalue weighted by atomic mass is 9.95. The van der Waals surface area contributed by atoms with Crippen molar-refractivity contribution in [2.75, 3.05) is 32.6 Å². The third-order valence-corrected chi connectivity index (χ3v) is 4.25. The van der Waals surface area contributed by atoms with Crippen LogP contribution >= 0.6 is 0 Å². The van der Waals surface area contributed by atoms with E-state index in [1.807, 2.05) is 37.3 Å². The molecule has 0 spiro atoms. The molecule has 1 aliphatic heterocycles. The summed E-state index contributed by atoms with van der Waals surface area (Å²) in [6.45, 7) is 1.05. The Morgan fingerprint density at radius 1 is 1.17 bits per heavy atom. The van der Waals surface area contributed by atoms with Crippen LogP contribution in [0.4, 0.5) is 5.95 Å². The Labute approximate surface area is 137 Å². The number of nitrogens with one attached hydrogen (secondary N) is 1. The van der Waals surface area contributed by atoms with Crippen molar-refractivity contribution in [3.63, 3.8) is 0 Å². The lowest BCUT2D eigenvalue weighted by Crippen LogP contribution is -2.28. The van der Waals surface area contributed by atoms with Crippen LogP contribution in [0.1, 0.15) is 31.0 Å². The van der Waals surface area contributed by atoms with E-state index in [1.165, 1.54) is 12.8 Å². The van der Waals surface area contributed by atoms with E-state index in [0.29, 0.717) is 6.04 Å². The topological polar surface area (TPSA) is 50.3 Å². The van der Waals surface area contributed by atoms with Crippen molar-refractivity contribution in [2.45, 2.75) is 25.3 Å². The van der Waals surface area contributed by atoms with Gasteiger partial charge in [-0.15, -0.1) is 0 Å². The molecule has 1 unspecified atom stereocenters. The molecule has 5 heteroatoms. The minimum absolute atomic E-state index is 0.294. The summed E-state index contributed by atoms with van der Waals surface area (Å²) in [6, 6.07) is 8.39. The Bertz CT molecular complexity index is 649. The van der Waals surface area contributed by atoms with Gasteiger partial charge in [0.2, 0.25) is 5.95 Å². The summed E-state index contributed by atoms with van der Waals surface area (Å²) < 4.78 is 5.25. The third-order valence-electron chi connectivity index (χ3n) is 4.25. The fraction of sp³-hybridized carbons (Fsp3) is 0.444. The molecular formula is C18H24N4O. The van der Waals surface area contributed by atoms with Gasteiger partial charge in [-0.25, -0.2) is 9.97 Å². The Balaban J connectivity index is 2.03. The van der Waals surface area contributed by atoms with Crippen LogP contribution < -0.4 is 15.0 Å². The average molecular weight is 312 g/mol. The van der Waals surface area contributed by atoms with Crippen molar-refractivity contribution >= 4 is 5.95 Å². The van der Waals surface area contributed by atoms with Gasteiger partial charge < -0.3 is 15.0 Å². The molecule has 5 nitrogen and oxygen atoms in total. The SMILES string of the molecule is COc1ccc(-c2cnc(N(C)C)nc2C2CCCCN2)cc1. The monoisotopic (exact) mass is 312 g/mol. The summed E-state index contributed by atoms with van der Waals surface area (Å²) in [4.78, 5) is 11.3. The summed E-state index contributed by atoms with van der Waals surface area (Å²) >= 11 is 0. The first-order valence-corrected chi connectivity index (χ1v) is 8.11. The van der Waals surface area contributed by atoms with Crippen LogP contribution in [0.3, 0.4) is 0 Å². The zero-order chi connectivity index (χ0) is 16.2. The number of benzene rings is 1. The second kappa shape index (κ2) is 6.96. The van der Waals surface area contributed by atoms with E-state index in [0.717, 1.165) is 41.5 Å². The molecule has 1 aromatic carbocycles. The molecule has 0 aliphatic carbocycles. The Morgan fingerprint density at radius 3 is 2.57 bits per heavy atom. The Hall–Kier alpha value is -2.14. The molecule has 3 rings (SSSR count). The number of aromatic nitrogens is 2. The first-order chi connectivity index (χ1) is 11.2. The molecule has 0 saturated carbocycles. The van der Waals surface area contributed by atoms with Crippen LogP contribution in [0.25, 0.3) is 11.1 Å². The van der Waals surface area contributed by atoms with E-state index < -0.39 is 0 Å². The van der Waals surface area contributed by atoms with Gasteiger partial charge in [-0.2, -0.15) is 0 Å². The molecule has 2 aromatic rings. The van der Waals surface area contributed by atoms with E-state index in [2.05, 4.69) is 22.4 Å². The highest BCUT2D eigenvalue weighted by molar-refractivity contribution is 5.67. The maximum Gasteiger partial charge on any atom is 0.225 e. The Morgan fingerprint density at radius 2 is 1.96 bits per heavy atom. The number of ether oxygens (including phenoxy) is 1. The number of rotatable bonds is 4. The quantitative estimate of drug-likeness (QED) is 0.940. The molecule has 1 aliphatic rings. The number of anilines is 1. The van der Waals surface area contributed by atoms with E-state index in [-0.39, 0.29) is 0 Å². The molecule has 1 N–H and O–H groups in total. The maximum absolute atomic E-state index is 5.25. The molecule has 1 fully saturated rings. The largest absolute Gasteiger partial charge is 0.497 e. The summed E-state index contributed by atoms with van der Waals surface area (Å²) in [7, 11) is 5.63. The third kappa shape index (κ3) is 3.45. The average Bonchev–Trinajstić information content (AvgIpc) is 2.62. The fourth-order valence-electron chi connectivity index (χ4n) is 2.94. The molecule has 1 atom stereocenters. The maximum atomic E-state index is 5.25. The number of piperidine rings is 1. The predicted molar refractivity (Wildman–Crippen MR) is 92.9 cm³/mol. The van der Waals surface area contributed by atoms with Gasteiger partial charge in [0.05, 0.1) is 18.8 Å². The summed E-state index contributed by atoms with van der Waals surface area (Å²) in [5, 5.41) is 3.60. The smallest absolute Gasteiger partial charge is 0.225 e. The second-order valence-corrected chi connectivity index (χ2v) is 6.09. The van der Waals surface area contributed by atoms with Crippen LogP contribution in [0.2, 0.25) is 0 Å². The van der Waals surface area contributed by atoms with Crippen molar-refractivity contribution in [1.82, 2.24) is 15.3 Å². The van der Waals surface area contributed by atoms with E-state index in [1.54, 1.807) is 7.11 Å². The van der Waals surface area contributed by atoms with Crippen LogP contribution in [-0.2, 0) is 0 Å². The van der Waals surface area contributed by atoms with Crippen molar-refractivity contribution < 1.29 is 4.74 Å². The standard InChI is InChI=1S/C18H24N4O/c1-22(2)18-20-12-15(13-7-9-14(23-3)10-8-13)17(21-18)16-6-4-5-11-19-16/h7-10,12,16,19H,4-6,11H2,1-3H3. The zero-order valence-electron chi connectivity index (χ0n) is 14.0. The molecule has 23 heavy (non-hydrogen) atoms. The number of methoxy groups -OCH3 is 1. The zero-order valence-corrected chi connectivity index (χ0v) is 14.0. The molecule has 2 heterocycles. The molecule has 0 radical (unpaired) electrons. The highest BCUT2D eigenvalue weighted by Gasteiger charge is 2.21. The predicted octanol–water partition coefficient (Wildman–Crippen LogP) is 3.03. The van der Waals surface area contributed by atoms with Gasteiger partial charge in [-0.1, -0.05) is 18.6 Å². The van der Waals surface area contributed by atoms with Gasteiger partial charge in [0.1, 0.15) is 5.75 Å². The normalized spacial score (nSPS) is 17.8. The number of hydrogen-bond donors (Lipinski definition) is 1. The van der Waals surface area contributed by atoms with E-state index in [9.17, 15) is 0 Å². The van der Waals surface area contributed by atoms with Crippen molar-refractivity contribution in [1.29, 1.82) is 0 Å². The molecule has 0 amide bonds. The van der Waals surface area contributed by atoms with E-state index in [4.69, 9.17) is 9.72 Å². The minimum atomic E-state index is 0.294. The first kappa shape index (κ1) is 15.7.